The molecule has 1 N–H and O–H groups in total. The van der Waals surface area contributed by atoms with E-state index < -0.39 is 6.09 Å². The summed E-state index contributed by atoms with van der Waals surface area (Å²) in [4.78, 5) is 34.7. The van der Waals surface area contributed by atoms with Crippen LogP contribution >= 0.6 is 0 Å². The number of fused-ring (bicyclic) bond motifs is 1. The van der Waals surface area contributed by atoms with Crippen LogP contribution in [0.2, 0.25) is 0 Å². The molecule has 2 amide bonds. The van der Waals surface area contributed by atoms with E-state index in [1.54, 1.807) is 6.92 Å². The van der Waals surface area contributed by atoms with Crippen molar-refractivity contribution in [3.05, 3.63) is 53.7 Å². The van der Waals surface area contributed by atoms with Gasteiger partial charge >= 0.3 is 6.09 Å². The summed E-state index contributed by atoms with van der Waals surface area (Å²) >= 11 is 0. The van der Waals surface area contributed by atoms with Gasteiger partial charge in [-0.05, 0) is 36.5 Å². The third-order valence-corrected chi connectivity index (χ3v) is 7.07. The van der Waals surface area contributed by atoms with Gasteiger partial charge in [0, 0.05) is 32.0 Å². The first-order valence-corrected chi connectivity index (χ1v) is 12.1. The Labute approximate surface area is 200 Å². The van der Waals surface area contributed by atoms with E-state index in [0.717, 1.165) is 48.7 Å². The molecule has 5 rings (SSSR count). The number of carbonyl (C=O) groups excluding carboxylic acids is 2. The Morgan fingerprint density at radius 1 is 1.12 bits per heavy atom. The summed E-state index contributed by atoms with van der Waals surface area (Å²) in [6.07, 6.45) is 1.72. The second-order valence-corrected chi connectivity index (χ2v) is 9.43. The van der Waals surface area contributed by atoms with Crippen LogP contribution in [-0.2, 0) is 20.9 Å². The number of hydrogen-bond donors (Lipinski definition) is 1. The number of amides is 2. The van der Waals surface area contributed by atoms with Crippen molar-refractivity contribution in [1.82, 2.24) is 10.3 Å². The first-order chi connectivity index (χ1) is 16.5. The van der Waals surface area contributed by atoms with Crippen molar-refractivity contribution in [2.75, 3.05) is 36.1 Å². The molecule has 1 unspecified atom stereocenters. The van der Waals surface area contributed by atoms with Gasteiger partial charge in [0.15, 0.2) is 0 Å². The molecule has 8 nitrogen and oxygen atoms in total. The van der Waals surface area contributed by atoms with E-state index in [1.165, 1.54) is 0 Å². The summed E-state index contributed by atoms with van der Waals surface area (Å²) in [5.74, 6) is 1.29. The highest BCUT2D eigenvalue weighted by Gasteiger charge is 2.48. The summed E-state index contributed by atoms with van der Waals surface area (Å²) in [6, 6.07) is 13.3. The predicted molar refractivity (Wildman–Crippen MR) is 129 cm³/mol. The average molecular weight is 465 g/mol. The number of anilines is 2. The van der Waals surface area contributed by atoms with Crippen LogP contribution < -0.4 is 15.1 Å². The van der Waals surface area contributed by atoms with Crippen LogP contribution in [0.4, 0.5) is 16.3 Å². The van der Waals surface area contributed by atoms with Crippen molar-refractivity contribution in [2.24, 2.45) is 11.8 Å². The minimum absolute atomic E-state index is 0.000569. The topological polar surface area (TPSA) is 84.0 Å². The Bertz CT molecular complexity index is 1040. The SMILES string of the molecule is CC(=O)N1c2ccc(N3CCOCC3)nc2C(NC(=O)OCc2ccccc2)[C@@H](C)[C@@H]1C1CC1. The monoisotopic (exact) mass is 464 g/mol. The zero-order valence-corrected chi connectivity index (χ0v) is 19.8. The molecule has 1 aromatic carbocycles. The number of alkyl carbamates (subject to hydrolysis) is 1. The maximum Gasteiger partial charge on any atom is 0.408 e. The molecular weight excluding hydrogens is 432 g/mol. The van der Waals surface area contributed by atoms with Crippen LogP contribution in [0.25, 0.3) is 0 Å². The molecule has 3 atom stereocenters. The Hall–Kier alpha value is -3.13. The van der Waals surface area contributed by atoms with E-state index >= 15 is 0 Å². The standard InChI is InChI=1S/C26H32N4O4/c1-17-23(28-26(32)34-16-19-6-4-3-5-7-19)24-21(30(18(2)31)25(17)20-8-9-20)10-11-22(27-24)29-12-14-33-15-13-29/h3-7,10-11,17,20,23,25H,8-9,12-16H2,1-2H3,(H,28,32)/t17-,23?,25-/m1/s1. The normalized spacial score (nSPS) is 24.4. The Morgan fingerprint density at radius 3 is 2.53 bits per heavy atom. The number of benzene rings is 1. The number of nitrogens with one attached hydrogen (secondary N) is 1. The van der Waals surface area contributed by atoms with Gasteiger partial charge in [0.25, 0.3) is 0 Å². The first kappa shape index (κ1) is 22.7. The number of morpholine rings is 1. The maximum absolute atomic E-state index is 12.9. The van der Waals surface area contributed by atoms with E-state index in [4.69, 9.17) is 14.5 Å². The summed E-state index contributed by atoms with van der Waals surface area (Å²) in [5.41, 5.74) is 2.44. The van der Waals surface area contributed by atoms with Crippen LogP contribution in [-0.4, -0.2) is 49.3 Å². The molecule has 8 heteroatoms. The van der Waals surface area contributed by atoms with Gasteiger partial charge in [0.2, 0.25) is 5.91 Å². The van der Waals surface area contributed by atoms with E-state index in [1.807, 2.05) is 47.4 Å². The van der Waals surface area contributed by atoms with Gasteiger partial charge in [-0.25, -0.2) is 9.78 Å². The Kier molecular flexibility index (Phi) is 6.41. The van der Waals surface area contributed by atoms with Gasteiger partial charge in [0.1, 0.15) is 12.4 Å². The lowest BCUT2D eigenvalue weighted by molar-refractivity contribution is -0.117. The van der Waals surface area contributed by atoms with Crippen molar-refractivity contribution in [1.29, 1.82) is 0 Å². The highest BCUT2D eigenvalue weighted by molar-refractivity contribution is 5.94. The van der Waals surface area contributed by atoms with E-state index in [0.29, 0.717) is 19.1 Å². The third-order valence-electron chi connectivity index (χ3n) is 7.07. The van der Waals surface area contributed by atoms with Crippen LogP contribution in [0.15, 0.2) is 42.5 Å². The molecule has 3 aliphatic rings. The van der Waals surface area contributed by atoms with Gasteiger partial charge in [-0.1, -0.05) is 37.3 Å². The van der Waals surface area contributed by atoms with Crippen molar-refractivity contribution < 1.29 is 19.1 Å². The van der Waals surface area contributed by atoms with Crippen molar-refractivity contribution >= 4 is 23.5 Å². The number of nitrogens with zero attached hydrogens (tertiary/aromatic N) is 3. The van der Waals surface area contributed by atoms with E-state index in [2.05, 4.69) is 17.1 Å². The lowest BCUT2D eigenvalue weighted by Gasteiger charge is -2.45. The van der Waals surface area contributed by atoms with Gasteiger partial charge in [-0.2, -0.15) is 0 Å². The molecule has 0 bridgehead atoms. The number of ether oxygens (including phenoxy) is 2. The zero-order valence-electron chi connectivity index (χ0n) is 19.8. The molecule has 34 heavy (non-hydrogen) atoms. The Balaban J connectivity index is 1.44. The second-order valence-electron chi connectivity index (χ2n) is 9.43. The Morgan fingerprint density at radius 2 is 1.85 bits per heavy atom. The summed E-state index contributed by atoms with van der Waals surface area (Å²) in [5, 5.41) is 3.09. The molecule has 0 spiro atoms. The number of aromatic nitrogens is 1. The fourth-order valence-electron chi connectivity index (χ4n) is 5.25. The van der Waals surface area contributed by atoms with Crippen molar-refractivity contribution in [3.8, 4) is 0 Å². The quantitative estimate of drug-likeness (QED) is 0.727. The molecule has 1 saturated carbocycles. The molecule has 1 saturated heterocycles. The number of hydrogen-bond acceptors (Lipinski definition) is 6. The maximum atomic E-state index is 12.9. The minimum atomic E-state index is -0.476. The van der Waals surface area contributed by atoms with Crippen LogP contribution in [0.3, 0.4) is 0 Å². The molecule has 1 aromatic heterocycles. The molecular formula is C26H32N4O4. The molecule has 2 aromatic rings. The highest BCUT2D eigenvalue weighted by atomic mass is 16.5. The summed E-state index contributed by atoms with van der Waals surface area (Å²) in [6.45, 7) is 6.77. The van der Waals surface area contributed by atoms with Crippen LogP contribution in [0.5, 0.6) is 0 Å². The molecule has 0 radical (unpaired) electrons. The lowest BCUT2D eigenvalue weighted by atomic mass is 9.82. The summed E-state index contributed by atoms with van der Waals surface area (Å²) in [7, 11) is 0. The zero-order chi connectivity index (χ0) is 23.7. The fourth-order valence-corrected chi connectivity index (χ4v) is 5.25. The van der Waals surface area contributed by atoms with E-state index in [-0.39, 0.29) is 30.5 Å². The first-order valence-electron chi connectivity index (χ1n) is 12.1. The molecule has 2 aliphatic heterocycles. The second kappa shape index (κ2) is 9.62. The smallest absolute Gasteiger partial charge is 0.408 e. The van der Waals surface area contributed by atoms with E-state index in [9.17, 15) is 9.59 Å². The van der Waals surface area contributed by atoms with Gasteiger partial charge in [-0.15, -0.1) is 0 Å². The summed E-state index contributed by atoms with van der Waals surface area (Å²) < 4.78 is 11.0. The molecule has 3 heterocycles. The molecule has 180 valence electrons. The lowest BCUT2D eigenvalue weighted by Crippen LogP contribution is -2.53. The van der Waals surface area contributed by atoms with Crippen molar-refractivity contribution in [2.45, 2.75) is 45.4 Å². The van der Waals surface area contributed by atoms with Gasteiger partial charge in [-0.3, -0.25) is 4.79 Å². The number of pyridine rings is 1. The van der Waals surface area contributed by atoms with Gasteiger partial charge < -0.3 is 24.6 Å². The molecule has 2 fully saturated rings. The fraction of sp³-hybridized carbons (Fsp3) is 0.500. The third kappa shape index (κ3) is 4.59. The van der Waals surface area contributed by atoms with Crippen molar-refractivity contribution in [3.63, 3.8) is 0 Å². The molecule has 1 aliphatic carbocycles. The largest absolute Gasteiger partial charge is 0.445 e. The van der Waals surface area contributed by atoms with Crippen LogP contribution in [0.1, 0.15) is 44.0 Å². The average Bonchev–Trinajstić information content (AvgIpc) is 3.70. The van der Waals surface area contributed by atoms with Crippen LogP contribution in [0, 0.1) is 11.8 Å². The van der Waals surface area contributed by atoms with Gasteiger partial charge in [0.05, 0.1) is 30.6 Å². The highest BCUT2D eigenvalue weighted by Crippen LogP contribution is 2.49. The number of carbonyl (C=O) groups is 2. The predicted octanol–water partition coefficient (Wildman–Crippen LogP) is 3.67. The number of rotatable bonds is 5. The minimum Gasteiger partial charge on any atom is -0.445 e.